The minimum absolute atomic E-state index is 0.237. The molecule has 1 heterocycles. The molecular weight excluding hydrogens is 402 g/mol. The van der Waals surface area contributed by atoms with E-state index in [4.69, 9.17) is 19.7 Å². The van der Waals surface area contributed by atoms with Crippen LogP contribution in [0.1, 0.15) is 51.5 Å². The van der Waals surface area contributed by atoms with Gasteiger partial charge in [0, 0.05) is 18.3 Å². The van der Waals surface area contributed by atoms with E-state index in [0.717, 1.165) is 18.4 Å². The van der Waals surface area contributed by atoms with E-state index >= 15 is 0 Å². The van der Waals surface area contributed by atoms with Crippen LogP contribution in [0.4, 0.5) is 0 Å². The fourth-order valence-corrected chi connectivity index (χ4v) is 3.54. The molecule has 1 radical (unpaired) electrons. The number of carbonyl (C=O) groups excluding carboxylic acids is 2. The van der Waals surface area contributed by atoms with E-state index in [1.807, 2.05) is 30.3 Å². The van der Waals surface area contributed by atoms with E-state index in [2.05, 4.69) is 14.8 Å². The van der Waals surface area contributed by atoms with Crippen molar-refractivity contribution in [3.8, 4) is 0 Å². The summed E-state index contributed by atoms with van der Waals surface area (Å²) in [7, 11) is 1.37. The van der Waals surface area contributed by atoms with Gasteiger partial charge in [-0.3, -0.25) is 9.59 Å². The lowest BCUT2D eigenvalue weighted by Crippen LogP contribution is -2.55. The van der Waals surface area contributed by atoms with E-state index in [0.29, 0.717) is 25.4 Å². The maximum Gasteiger partial charge on any atom is 0.305 e. The van der Waals surface area contributed by atoms with Crippen LogP contribution in [0.5, 0.6) is 0 Å². The van der Waals surface area contributed by atoms with Crippen LogP contribution in [0.15, 0.2) is 35.4 Å². The lowest BCUT2D eigenvalue weighted by Gasteiger charge is -2.43. The zero-order chi connectivity index (χ0) is 22.6. The zero-order valence-corrected chi connectivity index (χ0v) is 18.2. The Balaban J connectivity index is 2.10. The van der Waals surface area contributed by atoms with E-state index < -0.39 is 30.3 Å². The molecule has 1 fully saturated rings. The monoisotopic (exact) mass is 432 g/mol. The SMILES string of the molecule is COC(=O)CCCCC[C]1O[C@H](C)[C@@H](N=[N+]=[N-])[C@H](OCc2ccccc2)[C@@H]1OC(C)=O. The van der Waals surface area contributed by atoms with Crippen molar-refractivity contribution in [2.24, 2.45) is 5.11 Å². The molecule has 0 spiro atoms. The van der Waals surface area contributed by atoms with Gasteiger partial charge in [-0.1, -0.05) is 48.3 Å². The lowest BCUT2D eigenvalue weighted by molar-refractivity contribution is -0.184. The quantitative estimate of drug-likeness (QED) is 0.169. The molecule has 169 valence electrons. The summed E-state index contributed by atoms with van der Waals surface area (Å²) in [6.07, 6.45) is 1.82. The Hall–Kier alpha value is -2.61. The Morgan fingerprint density at radius 3 is 2.58 bits per heavy atom. The highest BCUT2D eigenvalue weighted by Crippen LogP contribution is 2.35. The number of unbranched alkanes of at least 4 members (excludes halogenated alkanes) is 2. The standard InChI is InChI=1S/C22H30N3O6/c1-15-20(24-25-23)22(29-14-17-10-6-4-7-11-17)21(31-16(2)26)18(30-15)12-8-5-9-13-19(27)28-3/h4,6-7,10-11,15,20-22H,5,8-9,12-14H2,1-3H3/t15-,20-,21-,22+/m1/s1. The minimum atomic E-state index is -0.784. The summed E-state index contributed by atoms with van der Waals surface area (Å²) in [5.74, 6) is -0.709. The highest BCUT2D eigenvalue weighted by molar-refractivity contribution is 5.69. The molecule has 31 heavy (non-hydrogen) atoms. The van der Waals surface area contributed by atoms with Crippen LogP contribution in [0, 0.1) is 6.10 Å². The Morgan fingerprint density at radius 1 is 1.19 bits per heavy atom. The van der Waals surface area contributed by atoms with Crippen LogP contribution >= 0.6 is 0 Å². The summed E-state index contributed by atoms with van der Waals surface area (Å²) < 4.78 is 22.3. The van der Waals surface area contributed by atoms with E-state index in [1.54, 1.807) is 6.92 Å². The molecule has 9 nitrogen and oxygen atoms in total. The number of ether oxygens (including phenoxy) is 4. The predicted octanol–water partition coefficient (Wildman–Crippen LogP) is 4.26. The van der Waals surface area contributed by atoms with E-state index in [-0.39, 0.29) is 12.6 Å². The maximum atomic E-state index is 11.8. The molecule has 0 N–H and O–H groups in total. The Kier molecular flexibility index (Phi) is 10.3. The van der Waals surface area contributed by atoms with Crippen molar-refractivity contribution in [1.82, 2.24) is 0 Å². The van der Waals surface area contributed by atoms with Crippen molar-refractivity contribution >= 4 is 11.9 Å². The van der Waals surface area contributed by atoms with Gasteiger partial charge in [0.05, 0.1) is 25.9 Å². The van der Waals surface area contributed by atoms with Crippen molar-refractivity contribution in [2.45, 2.75) is 76.9 Å². The number of hydrogen-bond donors (Lipinski definition) is 0. The van der Waals surface area contributed by atoms with Crippen molar-refractivity contribution < 1.29 is 28.5 Å². The normalized spacial score (nSPS) is 23.6. The molecule has 0 aromatic heterocycles. The molecule has 0 amide bonds. The van der Waals surface area contributed by atoms with Gasteiger partial charge >= 0.3 is 11.9 Å². The van der Waals surface area contributed by atoms with E-state index in [1.165, 1.54) is 14.0 Å². The molecule has 1 aromatic carbocycles. The second-order valence-electron chi connectivity index (χ2n) is 7.41. The summed E-state index contributed by atoms with van der Waals surface area (Å²) >= 11 is 0. The maximum absolute atomic E-state index is 11.8. The van der Waals surface area contributed by atoms with Gasteiger partial charge in [0.25, 0.3) is 0 Å². The number of esters is 2. The molecule has 1 saturated heterocycles. The van der Waals surface area contributed by atoms with Gasteiger partial charge in [0.15, 0.2) is 6.10 Å². The Bertz CT molecular complexity index is 753. The van der Waals surface area contributed by atoms with Crippen LogP contribution in [0.25, 0.3) is 10.4 Å². The molecule has 2 rings (SSSR count). The fraction of sp³-hybridized carbons (Fsp3) is 0.591. The number of azide groups is 1. The Morgan fingerprint density at radius 2 is 1.94 bits per heavy atom. The van der Waals surface area contributed by atoms with Gasteiger partial charge in [-0.05, 0) is 30.9 Å². The number of rotatable bonds is 11. The highest BCUT2D eigenvalue weighted by atomic mass is 16.6. The molecule has 1 aliphatic rings. The molecule has 4 atom stereocenters. The molecule has 1 aliphatic heterocycles. The lowest BCUT2D eigenvalue weighted by atomic mass is 9.90. The number of nitrogens with zero attached hydrogens (tertiary/aromatic N) is 3. The van der Waals surface area contributed by atoms with Crippen LogP contribution in [-0.4, -0.2) is 43.4 Å². The molecule has 1 aromatic rings. The first-order valence-electron chi connectivity index (χ1n) is 10.4. The third kappa shape index (κ3) is 7.86. The predicted molar refractivity (Wildman–Crippen MR) is 112 cm³/mol. The van der Waals surface area contributed by atoms with Gasteiger partial charge < -0.3 is 18.9 Å². The third-order valence-corrected chi connectivity index (χ3v) is 5.07. The first-order valence-corrected chi connectivity index (χ1v) is 10.4. The first kappa shape index (κ1) is 24.7. The summed E-state index contributed by atoms with van der Waals surface area (Å²) in [5, 5.41) is 3.86. The van der Waals surface area contributed by atoms with Crippen LogP contribution in [0.3, 0.4) is 0 Å². The number of hydrogen-bond acceptors (Lipinski definition) is 7. The van der Waals surface area contributed by atoms with Crippen molar-refractivity contribution in [3.05, 3.63) is 52.4 Å². The summed E-state index contributed by atoms with van der Waals surface area (Å²) in [5.41, 5.74) is 9.99. The molecule has 0 bridgehead atoms. The minimum Gasteiger partial charge on any atom is -0.469 e. The van der Waals surface area contributed by atoms with E-state index in [9.17, 15) is 9.59 Å². The topological polar surface area (TPSA) is 120 Å². The van der Waals surface area contributed by atoms with Gasteiger partial charge in [-0.15, -0.1) is 0 Å². The largest absolute Gasteiger partial charge is 0.469 e. The van der Waals surface area contributed by atoms with Gasteiger partial charge in [0.1, 0.15) is 12.2 Å². The molecule has 9 heteroatoms. The van der Waals surface area contributed by atoms with Crippen molar-refractivity contribution in [2.75, 3.05) is 7.11 Å². The fourth-order valence-electron chi connectivity index (χ4n) is 3.54. The molecule has 0 saturated carbocycles. The second kappa shape index (κ2) is 12.9. The molecule has 0 aliphatic carbocycles. The summed E-state index contributed by atoms with van der Waals surface area (Å²) in [6.45, 7) is 3.40. The van der Waals surface area contributed by atoms with Gasteiger partial charge in [0.2, 0.25) is 0 Å². The van der Waals surface area contributed by atoms with Gasteiger partial charge in [-0.2, -0.15) is 0 Å². The van der Waals surface area contributed by atoms with Crippen molar-refractivity contribution in [3.63, 3.8) is 0 Å². The number of benzene rings is 1. The molecular formula is C22H30N3O6. The average molecular weight is 432 g/mol. The average Bonchev–Trinajstić information content (AvgIpc) is 2.76. The molecule has 0 unspecified atom stereocenters. The highest BCUT2D eigenvalue weighted by Gasteiger charge is 2.47. The summed E-state index contributed by atoms with van der Waals surface area (Å²) in [6, 6.07) is 8.94. The number of carbonyl (C=O) groups is 2. The number of methoxy groups -OCH3 is 1. The van der Waals surface area contributed by atoms with Crippen LogP contribution < -0.4 is 0 Å². The summed E-state index contributed by atoms with van der Waals surface area (Å²) in [4.78, 5) is 26.0. The smallest absolute Gasteiger partial charge is 0.305 e. The van der Waals surface area contributed by atoms with Crippen molar-refractivity contribution in [1.29, 1.82) is 0 Å². The first-order chi connectivity index (χ1) is 15.0. The van der Waals surface area contributed by atoms with Crippen LogP contribution in [0.2, 0.25) is 0 Å². The zero-order valence-electron chi connectivity index (χ0n) is 18.2. The second-order valence-corrected chi connectivity index (χ2v) is 7.41. The van der Waals surface area contributed by atoms with Gasteiger partial charge in [-0.25, -0.2) is 0 Å². The van der Waals surface area contributed by atoms with Crippen LogP contribution in [-0.2, 0) is 35.1 Å². The third-order valence-electron chi connectivity index (χ3n) is 5.07. The Labute approximate surface area is 182 Å².